The predicted octanol–water partition coefficient (Wildman–Crippen LogP) is 3.98. The first-order valence-corrected chi connectivity index (χ1v) is 5.12. The summed E-state index contributed by atoms with van der Waals surface area (Å²) >= 11 is 2.84. The van der Waals surface area contributed by atoms with E-state index in [1.165, 1.54) is 24.3 Å². The maximum Gasteiger partial charge on any atom is 0.417 e. The zero-order valence-corrected chi connectivity index (χ0v) is 9.60. The van der Waals surface area contributed by atoms with Crippen LogP contribution in [0.15, 0.2) is 28.7 Å². The predicted molar refractivity (Wildman–Crippen MR) is 58.5 cm³/mol. The Balaban J connectivity index is 3.03. The number of rotatable bonds is 3. The highest BCUT2D eigenvalue weighted by Crippen LogP contribution is 2.35. The molecule has 0 aliphatic carbocycles. The molecule has 1 aromatic rings. The normalized spacial score (nSPS) is 12.0. The Morgan fingerprint density at radius 2 is 2.06 bits per heavy atom. The molecule has 85 valence electrons. The average molecular weight is 292 g/mol. The fourth-order valence-corrected chi connectivity index (χ4v) is 1.58. The summed E-state index contributed by atoms with van der Waals surface area (Å²) < 4.78 is 37.5. The molecule has 0 amide bonds. The van der Waals surface area contributed by atoms with Gasteiger partial charge in [0, 0.05) is 10.9 Å². The smallest absolute Gasteiger partial charge is 0.291 e. The highest BCUT2D eigenvalue weighted by atomic mass is 79.9. The van der Waals surface area contributed by atoms with Gasteiger partial charge in [0.25, 0.3) is 0 Å². The maximum absolute atomic E-state index is 12.5. The molecule has 5 heteroatoms. The Kier molecular flexibility index (Phi) is 4.29. The van der Waals surface area contributed by atoms with Gasteiger partial charge in [-0.2, -0.15) is 13.2 Å². The van der Waals surface area contributed by atoms with Crippen molar-refractivity contribution in [2.75, 3.05) is 0 Å². The number of alkyl halides is 3. The van der Waals surface area contributed by atoms with Crippen LogP contribution >= 0.6 is 15.9 Å². The second-order valence-electron chi connectivity index (χ2n) is 2.99. The zero-order chi connectivity index (χ0) is 12.2. The minimum absolute atomic E-state index is 0.000833. The van der Waals surface area contributed by atoms with Crippen LogP contribution in [0.5, 0.6) is 0 Å². The number of benzene rings is 1. The van der Waals surface area contributed by atoms with Gasteiger partial charge in [-0.05, 0) is 17.7 Å². The minimum Gasteiger partial charge on any atom is -0.291 e. The summed E-state index contributed by atoms with van der Waals surface area (Å²) in [4.78, 5) is 9.91. The van der Waals surface area contributed by atoms with Crippen molar-refractivity contribution < 1.29 is 18.0 Å². The van der Waals surface area contributed by atoms with E-state index in [1.807, 2.05) is 0 Å². The monoisotopic (exact) mass is 291 g/mol. The van der Waals surface area contributed by atoms with Crippen molar-refractivity contribution in [1.29, 1.82) is 0 Å². The summed E-state index contributed by atoms with van der Waals surface area (Å²) in [6.45, 7) is 0. The van der Waals surface area contributed by atoms with Gasteiger partial charge >= 0.3 is 6.18 Å². The van der Waals surface area contributed by atoms with E-state index in [2.05, 4.69) is 15.9 Å². The highest BCUT2D eigenvalue weighted by Gasteiger charge is 2.32. The van der Waals surface area contributed by atoms with E-state index in [0.29, 0.717) is 5.56 Å². The van der Waals surface area contributed by atoms with Gasteiger partial charge in [-0.1, -0.05) is 34.1 Å². The third kappa shape index (κ3) is 3.48. The standard InChI is InChI=1S/C11H7BrF3O/c12-10-5-4-8(3-1-2-6-16)7-9(10)11(13,14)15/h1,3-5,7H,2H2. The second-order valence-corrected chi connectivity index (χ2v) is 3.84. The SMILES string of the molecule is O=[C]CC=Cc1ccc(Br)c(C(F)(F)F)c1. The van der Waals surface area contributed by atoms with Crippen molar-refractivity contribution >= 4 is 28.3 Å². The molecule has 16 heavy (non-hydrogen) atoms. The number of carbonyl (C=O) groups excluding carboxylic acids is 1. The van der Waals surface area contributed by atoms with Crippen LogP contribution in [0.1, 0.15) is 17.5 Å². The molecule has 1 aromatic carbocycles. The Morgan fingerprint density at radius 3 is 2.62 bits per heavy atom. The van der Waals surface area contributed by atoms with E-state index in [1.54, 1.807) is 6.29 Å². The molecule has 0 spiro atoms. The quantitative estimate of drug-likeness (QED) is 0.823. The molecule has 0 aliphatic heterocycles. The summed E-state index contributed by atoms with van der Waals surface area (Å²) in [6.07, 6.45) is 0.209. The van der Waals surface area contributed by atoms with Gasteiger partial charge in [-0.15, -0.1) is 0 Å². The summed E-state index contributed by atoms with van der Waals surface area (Å²) in [5.41, 5.74) is -0.337. The van der Waals surface area contributed by atoms with Gasteiger partial charge in [0.2, 0.25) is 6.29 Å². The highest BCUT2D eigenvalue weighted by molar-refractivity contribution is 9.10. The number of hydrogen-bond acceptors (Lipinski definition) is 1. The largest absolute Gasteiger partial charge is 0.417 e. The van der Waals surface area contributed by atoms with Gasteiger partial charge in [-0.25, -0.2) is 0 Å². The molecule has 0 N–H and O–H groups in total. The Bertz CT molecular complexity index is 410. The lowest BCUT2D eigenvalue weighted by atomic mass is 10.1. The van der Waals surface area contributed by atoms with Crippen molar-refractivity contribution in [3.05, 3.63) is 39.9 Å². The molecule has 1 radical (unpaired) electrons. The van der Waals surface area contributed by atoms with Gasteiger partial charge in [-0.3, -0.25) is 4.79 Å². The fourth-order valence-electron chi connectivity index (χ4n) is 1.11. The van der Waals surface area contributed by atoms with Gasteiger partial charge in [0.1, 0.15) is 0 Å². The molecule has 0 heterocycles. The molecular weight excluding hydrogens is 285 g/mol. The van der Waals surface area contributed by atoms with E-state index < -0.39 is 11.7 Å². The molecule has 0 unspecified atom stereocenters. The van der Waals surface area contributed by atoms with E-state index in [0.717, 1.165) is 6.07 Å². The molecule has 0 atom stereocenters. The van der Waals surface area contributed by atoms with Crippen LogP contribution in [-0.2, 0) is 11.0 Å². The minimum atomic E-state index is -4.39. The Morgan fingerprint density at radius 1 is 1.38 bits per heavy atom. The first-order valence-electron chi connectivity index (χ1n) is 4.33. The van der Waals surface area contributed by atoms with Crippen LogP contribution in [0.4, 0.5) is 13.2 Å². The second kappa shape index (κ2) is 5.30. The average Bonchev–Trinajstić information content (AvgIpc) is 2.19. The molecule has 0 saturated heterocycles. The summed E-state index contributed by atoms with van der Waals surface area (Å²) in [7, 11) is 0. The molecule has 0 fully saturated rings. The van der Waals surface area contributed by atoms with Gasteiger partial charge in [0.05, 0.1) is 5.56 Å². The van der Waals surface area contributed by atoms with E-state index in [4.69, 9.17) is 0 Å². The summed E-state index contributed by atoms with van der Waals surface area (Å²) in [5.74, 6) is 0. The lowest BCUT2D eigenvalue weighted by Gasteiger charge is -2.09. The molecule has 0 saturated carbocycles. The Hall–Kier alpha value is -1.10. The third-order valence-electron chi connectivity index (χ3n) is 1.81. The lowest BCUT2D eigenvalue weighted by Crippen LogP contribution is -2.06. The molecule has 1 rings (SSSR count). The zero-order valence-electron chi connectivity index (χ0n) is 8.01. The molecular formula is C11H7BrF3O. The Labute approximate surface area is 99.1 Å². The first-order chi connectivity index (χ1) is 7.45. The first kappa shape index (κ1) is 13.0. The lowest BCUT2D eigenvalue weighted by molar-refractivity contribution is -0.138. The van der Waals surface area contributed by atoms with Gasteiger partial charge < -0.3 is 0 Å². The van der Waals surface area contributed by atoms with Crippen molar-refractivity contribution in [3.63, 3.8) is 0 Å². The van der Waals surface area contributed by atoms with Crippen LogP contribution in [-0.4, -0.2) is 6.29 Å². The van der Waals surface area contributed by atoms with Crippen LogP contribution in [0.3, 0.4) is 0 Å². The van der Waals surface area contributed by atoms with Crippen LogP contribution in [0.2, 0.25) is 0 Å². The molecule has 1 nitrogen and oxygen atoms in total. The molecule has 0 bridgehead atoms. The van der Waals surface area contributed by atoms with Crippen molar-refractivity contribution in [3.8, 4) is 0 Å². The van der Waals surface area contributed by atoms with Crippen molar-refractivity contribution in [2.24, 2.45) is 0 Å². The van der Waals surface area contributed by atoms with E-state index in [-0.39, 0.29) is 10.9 Å². The maximum atomic E-state index is 12.5. The van der Waals surface area contributed by atoms with Gasteiger partial charge in [0.15, 0.2) is 0 Å². The van der Waals surface area contributed by atoms with Crippen molar-refractivity contribution in [1.82, 2.24) is 0 Å². The van der Waals surface area contributed by atoms with E-state index in [9.17, 15) is 18.0 Å². The number of allylic oxidation sites excluding steroid dienone is 1. The number of hydrogen-bond donors (Lipinski definition) is 0. The van der Waals surface area contributed by atoms with Crippen molar-refractivity contribution in [2.45, 2.75) is 12.6 Å². The third-order valence-corrected chi connectivity index (χ3v) is 2.50. The summed E-state index contributed by atoms with van der Waals surface area (Å²) in [6, 6.07) is 3.87. The van der Waals surface area contributed by atoms with Crippen LogP contribution < -0.4 is 0 Å². The molecule has 0 aromatic heterocycles. The number of halogens is 4. The molecule has 0 aliphatic rings. The topological polar surface area (TPSA) is 17.1 Å². The van der Waals surface area contributed by atoms with Crippen LogP contribution in [0, 0.1) is 0 Å². The fraction of sp³-hybridized carbons (Fsp3) is 0.182. The van der Waals surface area contributed by atoms with E-state index >= 15 is 0 Å². The van der Waals surface area contributed by atoms with Crippen LogP contribution in [0.25, 0.3) is 6.08 Å². The summed E-state index contributed by atoms with van der Waals surface area (Å²) in [5, 5.41) is 0.